The summed E-state index contributed by atoms with van der Waals surface area (Å²) in [6.45, 7) is 0.950. The van der Waals surface area contributed by atoms with Gasteiger partial charge in [0.15, 0.2) is 0 Å². The Kier molecular flexibility index (Phi) is 4.23. The van der Waals surface area contributed by atoms with Crippen LogP contribution in [-0.4, -0.2) is 33.5 Å². The molecule has 0 radical (unpaired) electrons. The largest absolute Gasteiger partial charge is 0.445 e. The summed E-state index contributed by atoms with van der Waals surface area (Å²) in [6, 6.07) is 15.5. The maximum Gasteiger partial charge on any atom is 0.410 e. The lowest BCUT2D eigenvalue weighted by Crippen LogP contribution is -2.39. The van der Waals surface area contributed by atoms with Crippen LogP contribution in [0.4, 0.5) is 4.79 Å². The van der Waals surface area contributed by atoms with E-state index in [9.17, 15) is 14.4 Å². The molecule has 2 fully saturated rings. The summed E-state index contributed by atoms with van der Waals surface area (Å²) in [4.78, 5) is 42.8. The number of carbonyl (C=O) groups excluding carboxylic acids is 1. The van der Waals surface area contributed by atoms with Crippen LogP contribution in [0, 0.1) is 5.92 Å². The van der Waals surface area contributed by atoms with Crippen LogP contribution in [0.2, 0.25) is 0 Å². The monoisotopic (exact) mass is 391 g/mol. The molecule has 7 heteroatoms. The number of aromatic amines is 2. The number of rotatable bonds is 3. The molecule has 1 amide bonds. The van der Waals surface area contributed by atoms with Gasteiger partial charge >= 0.3 is 11.8 Å². The molecule has 7 nitrogen and oxygen atoms in total. The minimum Gasteiger partial charge on any atom is -0.445 e. The minimum atomic E-state index is -0.500. The predicted octanol–water partition coefficient (Wildman–Crippen LogP) is 2.73. The second-order valence-corrected chi connectivity index (χ2v) is 7.90. The van der Waals surface area contributed by atoms with E-state index in [1.807, 2.05) is 47.4 Å². The van der Waals surface area contributed by atoms with Gasteiger partial charge in [0.2, 0.25) is 0 Å². The van der Waals surface area contributed by atoms with Crippen molar-refractivity contribution in [2.24, 2.45) is 5.92 Å². The van der Waals surface area contributed by atoms with E-state index in [2.05, 4.69) is 9.97 Å². The molecule has 2 heterocycles. The van der Waals surface area contributed by atoms with Crippen molar-refractivity contribution in [1.29, 1.82) is 0 Å². The van der Waals surface area contributed by atoms with E-state index in [0.717, 1.165) is 24.0 Å². The van der Waals surface area contributed by atoms with Crippen LogP contribution in [0.5, 0.6) is 0 Å². The Morgan fingerprint density at radius 3 is 2.66 bits per heavy atom. The van der Waals surface area contributed by atoms with Crippen molar-refractivity contribution >= 4 is 17.0 Å². The van der Waals surface area contributed by atoms with Crippen LogP contribution in [0.3, 0.4) is 0 Å². The van der Waals surface area contributed by atoms with Crippen molar-refractivity contribution in [1.82, 2.24) is 14.9 Å². The summed E-state index contributed by atoms with van der Waals surface area (Å²) in [6.07, 6.45) is 1.55. The van der Waals surface area contributed by atoms with Crippen molar-refractivity contribution in [3.05, 3.63) is 80.5 Å². The molecule has 29 heavy (non-hydrogen) atoms. The summed E-state index contributed by atoms with van der Waals surface area (Å²) in [5.41, 5.74) is 1.72. The number of aromatic nitrogens is 2. The molecule has 1 saturated heterocycles. The molecular formula is C22H21N3O4. The Hall–Kier alpha value is -3.35. The van der Waals surface area contributed by atoms with Gasteiger partial charge in [0.05, 0.1) is 10.9 Å². The highest BCUT2D eigenvalue weighted by Crippen LogP contribution is 2.47. The number of amides is 1. The summed E-state index contributed by atoms with van der Waals surface area (Å²) in [5.74, 6) is 0.650. The van der Waals surface area contributed by atoms with Crippen LogP contribution in [0.15, 0.2) is 58.1 Å². The predicted molar refractivity (Wildman–Crippen MR) is 108 cm³/mol. The smallest absolute Gasteiger partial charge is 0.410 e. The number of nitrogens with one attached hydrogen (secondary N) is 2. The van der Waals surface area contributed by atoms with E-state index in [-0.39, 0.29) is 24.3 Å². The molecule has 2 bridgehead atoms. The third-order valence-electron chi connectivity index (χ3n) is 6.17. The molecule has 3 unspecified atom stereocenters. The van der Waals surface area contributed by atoms with Gasteiger partial charge in [-0.2, -0.15) is 0 Å². The van der Waals surface area contributed by atoms with Gasteiger partial charge in [-0.3, -0.25) is 9.78 Å². The number of H-pyrrole nitrogens is 2. The normalized spacial score (nSPS) is 22.9. The van der Waals surface area contributed by atoms with E-state index < -0.39 is 5.69 Å². The number of ether oxygens (including phenoxy) is 1. The average molecular weight is 391 g/mol. The first-order valence-corrected chi connectivity index (χ1v) is 9.82. The molecule has 2 aromatic carbocycles. The Bertz CT molecular complexity index is 1180. The second-order valence-electron chi connectivity index (χ2n) is 7.90. The lowest BCUT2D eigenvalue weighted by Gasteiger charge is -2.31. The van der Waals surface area contributed by atoms with Gasteiger partial charge in [0.1, 0.15) is 6.61 Å². The van der Waals surface area contributed by atoms with E-state index in [4.69, 9.17) is 4.74 Å². The van der Waals surface area contributed by atoms with Crippen molar-refractivity contribution in [2.75, 3.05) is 6.54 Å². The molecule has 148 valence electrons. The molecule has 5 rings (SSSR count). The zero-order valence-electron chi connectivity index (χ0n) is 15.8. The standard InChI is InChI=1S/C22H21N3O4/c26-20-18-9-14(6-7-19(18)23-21(27)24-20)17-10-16-8-15(17)11-25(16)22(28)29-12-13-4-2-1-3-5-13/h1-7,9,15-17H,8,10-12H2,(H2,23,24,26,27). The van der Waals surface area contributed by atoms with Crippen LogP contribution < -0.4 is 11.2 Å². The first-order valence-electron chi connectivity index (χ1n) is 9.82. The highest BCUT2D eigenvalue weighted by Gasteiger charge is 2.47. The number of piperidine rings is 1. The van der Waals surface area contributed by atoms with Crippen LogP contribution >= 0.6 is 0 Å². The molecule has 2 N–H and O–H groups in total. The van der Waals surface area contributed by atoms with E-state index in [0.29, 0.717) is 29.3 Å². The topological polar surface area (TPSA) is 95.3 Å². The quantitative estimate of drug-likeness (QED) is 0.718. The molecule has 3 atom stereocenters. The van der Waals surface area contributed by atoms with Crippen LogP contribution in [0.25, 0.3) is 10.9 Å². The maximum absolute atomic E-state index is 12.5. The third-order valence-corrected chi connectivity index (χ3v) is 6.17. The summed E-state index contributed by atoms with van der Waals surface area (Å²) >= 11 is 0. The highest BCUT2D eigenvalue weighted by molar-refractivity contribution is 5.78. The fourth-order valence-electron chi connectivity index (χ4n) is 4.80. The van der Waals surface area contributed by atoms with Crippen molar-refractivity contribution in [3.8, 4) is 0 Å². The van der Waals surface area contributed by atoms with Gasteiger partial charge in [-0.15, -0.1) is 0 Å². The summed E-state index contributed by atoms with van der Waals surface area (Å²) < 4.78 is 5.50. The van der Waals surface area contributed by atoms with E-state index in [1.165, 1.54) is 0 Å². The highest BCUT2D eigenvalue weighted by atomic mass is 16.6. The fourth-order valence-corrected chi connectivity index (χ4v) is 4.80. The SMILES string of the molecule is O=C(OCc1ccccc1)N1CC2CC1CC2c1ccc2[nH]c(=O)[nH]c(=O)c2c1. The van der Waals surface area contributed by atoms with Gasteiger partial charge in [0.25, 0.3) is 5.56 Å². The van der Waals surface area contributed by atoms with Gasteiger partial charge in [-0.25, -0.2) is 9.59 Å². The molecule has 2 aliphatic rings. The molecule has 3 aromatic rings. The van der Waals surface area contributed by atoms with Crippen molar-refractivity contribution in [2.45, 2.75) is 31.4 Å². The van der Waals surface area contributed by atoms with E-state index in [1.54, 1.807) is 6.07 Å². The third kappa shape index (κ3) is 3.22. The minimum absolute atomic E-state index is 0.165. The summed E-state index contributed by atoms with van der Waals surface area (Å²) in [7, 11) is 0. The first-order chi connectivity index (χ1) is 14.1. The second kappa shape index (κ2) is 6.92. The van der Waals surface area contributed by atoms with Crippen molar-refractivity contribution in [3.63, 3.8) is 0 Å². The van der Waals surface area contributed by atoms with Crippen LogP contribution in [-0.2, 0) is 11.3 Å². The Balaban J connectivity index is 1.29. The number of benzene rings is 2. The number of fused-ring (bicyclic) bond motifs is 3. The number of likely N-dealkylation sites (tertiary alicyclic amines) is 1. The fraction of sp³-hybridized carbons (Fsp3) is 0.318. The maximum atomic E-state index is 12.5. The zero-order chi connectivity index (χ0) is 20.0. The molecule has 1 aliphatic carbocycles. The van der Waals surface area contributed by atoms with Gasteiger partial charge in [-0.1, -0.05) is 36.4 Å². The van der Waals surface area contributed by atoms with Crippen molar-refractivity contribution < 1.29 is 9.53 Å². The Labute approximate surface area is 166 Å². The number of nitrogens with zero attached hydrogens (tertiary/aromatic N) is 1. The summed E-state index contributed by atoms with van der Waals surface area (Å²) in [5, 5.41) is 0.490. The van der Waals surface area contributed by atoms with Gasteiger partial charge < -0.3 is 14.6 Å². The van der Waals surface area contributed by atoms with Gasteiger partial charge in [0, 0.05) is 12.6 Å². The molecule has 1 aromatic heterocycles. The first kappa shape index (κ1) is 17.7. The molecular weight excluding hydrogens is 370 g/mol. The number of carbonyl (C=O) groups is 1. The average Bonchev–Trinajstić information content (AvgIpc) is 3.33. The number of hydrogen-bond donors (Lipinski definition) is 2. The lowest BCUT2D eigenvalue weighted by molar-refractivity contribution is 0.0831. The Morgan fingerprint density at radius 2 is 1.90 bits per heavy atom. The molecule has 1 aliphatic heterocycles. The molecule has 1 saturated carbocycles. The number of hydrogen-bond acceptors (Lipinski definition) is 4. The Morgan fingerprint density at radius 1 is 1.07 bits per heavy atom. The van der Waals surface area contributed by atoms with Gasteiger partial charge in [-0.05, 0) is 47.9 Å². The zero-order valence-corrected chi connectivity index (χ0v) is 15.8. The molecule has 0 spiro atoms. The lowest BCUT2D eigenvalue weighted by atomic mass is 9.87. The van der Waals surface area contributed by atoms with Crippen LogP contribution in [0.1, 0.15) is 29.9 Å². The van der Waals surface area contributed by atoms with E-state index >= 15 is 0 Å².